The third-order valence-corrected chi connectivity index (χ3v) is 5.70. The van der Waals surface area contributed by atoms with Crippen LogP contribution in [0.1, 0.15) is 43.7 Å². The van der Waals surface area contributed by atoms with Crippen LogP contribution in [0.25, 0.3) is 0 Å². The Labute approximate surface area is 178 Å². The van der Waals surface area contributed by atoms with Gasteiger partial charge >= 0.3 is 0 Å². The van der Waals surface area contributed by atoms with E-state index in [1.54, 1.807) is 20.2 Å². The summed E-state index contributed by atoms with van der Waals surface area (Å²) < 4.78 is 18.7. The number of guanidine groups is 1. The van der Waals surface area contributed by atoms with Crippen LogP contribution >= 0.6 is 35.7 Å². The second-order valence-corrected chi connectivity index (χ2v) is 7.95. The third-order valence-electron chi connectivity index (χ3n) is 4.46. The Morgan fingerprint density at radius 2 is 2.19 bits per heavy atom. The molecule has 4 nitrogen and oxygen atoms in total. The summed E-state index contributed by atoms with van der Waals surface area (Å²) in [6, 6.07) is 5.60. The third kappa shape index (κ3) is 7.60. The smallest absolute Gasteiger partial charge is 0.191 e. The standard InChI is InChI=1S/C19H30FN3OS.HI/c1-4-25-17-7-5-6-16(11-17)23-19(21-2)22-12-14-8-9-18(20)15(10-14)13-24-3;/h8-10,16-17H,4-7,11-13H2,1-3H3,(H2,21,22,23);1H. The number of halogens is 2. The lowest BCUT2D eigenvalue weighted by Crippen LogP contribution is -2.45. The molecule has 1 aliphatic carbocycles. The summed E-state index contributed by atoms with van der Waals surface area (Å²) in [5, 5.41) is 7.63. The topological polar surface area (TPSA) is 45.7 Å². The van der Waals surface area contributed by atoms with Crippen LogP contribution < -0.4 is 10.6 Å². The van der Waals surface area contributed by atoms with Crippen molar-refractivity contribution in [1.82, 2.24) is 10.6 Å². The first-order chi connectivity index (χ1) is 12.2. The van der Waals surface area contributed by atoms with E-state index >= 15 is 0 Å². The Balaban J connectivity index is 0.00000338. The largest absolute Gasteiger partial charge is 0.380 e. The Morgan fingerprint density at radius 1 is 1.38 bits per heavy atom. The first-order valence-electron chi connectivity index (χ1n) is 9.01. The molecule has 0 bridgehead atoms. The minimum Gasteiger partial charge on any atom is -0.380 e. The van der Waals surface area contributed by atoms with Crippen molar-refractivity contribution in [3.63, 3.8) is 0 Å². The first-order valence-corrected chi connectivity index (χ1v) is 10.1. The van der Waals surface area contributed by atoms with Crippen molar-refractivity contribution in [2.45, 2.75) is 57.1 Å². The summed E-state index contributed by atoms with van der Waals surface area (Å²) in [6.45, 7) is 3.12. The van der Waals surface area contributed by atoms with Gasteiger partial charge in [-0.05, 0) is 42.7 Å². The van der Waals surface area contributed by atoms with E-state index in [1.165, 1.54) is 37.5 Å². The number of thioether (sulfide) groups is 1. The molecule has 1 aromatic rings. The lowest BCUT2D eigenvalue weighted by atomic mass is 9.95. The molecule has 2 N–H and O–H groups in total. The molecule has 0 amide bonds. The van der Waals surface area contributed by atoms with Gasteiger partial charge in [-0.25, -0.2) is 4.39 Å². The maximum atomic E-state index is 13.7. The zero-order valence-electron chi connectivity index (χ0n) is 15.9. The van der Waals surface area contributed by atoms with Crippen molar-refractivity contribution >= 4 is 41.7 Å². The number of hydrogen-bond acceptors (Lipinski definition) is 3. The molecule has 0 spiro atoms. The Bertz CT molecular complexity index is 572. The summed E-state index contributed by atoms with van der Waals surface area (Å²) in [7, 11) is 3.36. The Morgan fingerprint density at radius 3 is 2.88 bits per heavy atom. The molecule has 7 heteroatoms. The highest BCUT2D eigenvalue weighted by Crippen LogP contribution is 2.28. The molecule has 0 aliphatic heterocycles. The van der Waals surface area contributed by atoms with Gasteiger partial charge in [-0.1, -0.05) is 19.4 Å². The quantitative estimate of drug-likeness (QED) is 0.336. The number of nitrogens with zero attached hydrogens (tertiary/aromatic N) is 1. The van der Waals surface area contributed by atoms with Crippen LogP contribution in [-0.4, -0.2) is 37.2 Å². The molecule has 0 heterocycles. The average Bonchev–Trinajstić information content (AvgIpc) is 2.62. The number of benzene rings is 1. The van der Waals surface area contributed by atoms with Gasteiger partial charge < -0.3 is 15.4 Å². The van der Waals surface area contributed by atoms with Crippen LogP contribution in [0.4, 0.5) is 4.39 Å². The van der Waals surface area contributed by atoms with Crippen molar-refractivity contribution in [1.29, 1.82) is 0 Å². The molecular weight excluding hydrogens is 464 g/mol. The summed E-state index contributed by atoms with van der Waals surface area (Å²) in [5.41, 5.74) is 1.59. The SMILES string of the molecule is CCSC1CCCC(NC(=NC)NCc2ccc(F)c(COC)c2)C1.I. The van der Waals surface area contributed by atoms with Gasteiger partial charge in [0, 0.05) is 37.6 Å². The van der Waals surface area contributed by atoms with Crippen molar-refractivity contribution in [3.8, 4) is 0 Å². The van der Waals surface area contributed by atoms with Gasteiger partial charge in [0.15, 0.2) is 5.96 Å². The van der Waals surface area contributed by atoms with Gasteiger partial charge in [0.2, 0.25) is 0 Å². The van der Waals surface area contributed by atoms with Crippen molar-refractivity contribution in [3.05, 3.63) is 35.1 Å². The number of rotatable bonds is 7. The summed E-state index contributed by atoms with van der Waals surface area (Å²) >= 11 is 2.06. The zero-order chi connectivity index (χ0) is 18.1. The fourth-order valence-corrected chi connectivity index (χ4v) is 4.41. The van der Waals surface area contributed by atoms with E-state index in [0.717, 1.165) is 16.8 Å². The summed E-state index contributed by atoms with van der Waals surface area (Å²) in [5.74, 6) is 1.76. The predicted octanol–water partition coefficient (Wildman–Crippen LogP) is 4.32. The molecule has 26 heavy (non-hydrogen) atoms. The van der Waals surface area contributed by atoms with Gasteiger partial charge in [-0.3, -0.25) is 4.99 Å². The van der Waals surface area contributed by atoms with Crippen LogP contribution in [0.3, 0.4) is 0 Å². The molecule has 1 aromatic carbocycles. The molecule has 0 aromatic heterocycles. The fourth-order valence-electron chi connectivity index (χ4n) is 3.24. The normalized spacial score (nSPS) is 20.4. The molecule has 1 fully saturated rings. The maximum Gasteiger partial charge on any atom is 0.191 e. The molecule has 1 aliphatic rings. The lowest BCUT2D eigenvalue weighted by molar-refractivity contribution is 0.181. The molecule has 2 unspecified atom stereocenters. The predicted molar refractivity (Wildman–Crippen MR) is 120 cm³/mol. The van der Waals surface area contributed by atoms with E-state index < -0.39 is 0 Å². The second kappa shape index (κ2) is 12.8. The molecule has 0 saturated heterocycles. The average molecular weight is 495 g/mol. The Kier molecular flexibility index (Phi) is 11.5. The summed E-state index contributed by atoms with van der Waals surface area (Å²) in [4.78, 5) is 4.33. The molecule has 2 atom stereocenters. The van der Waals surface area contributed by atoms with Crippen LogP contribution in [0.5, 0.6) is 0 Å². The van der Waals surface area contributed by atoms with Crippen molar-refractivity contribution < 1.29 is 9.13 Å². The molecule has 0 radical (unpaired) electrons. The lowest BCUT2D eigenvalue weighted by Gasteiger charge is -2.30. The maximum absolute atomic E-state index is 13.7. The number of nitrogens with one attached hydrogen (secondary N) is 2. The van der Waals surface area contributed by atoms with Crippen LogP contribution in [-0.2, 0) is 17.9 Å². The van der Waals surface area contributed by atoms with Gasteiger partial charge in [-0.2, -0.15) is 11.8 Å². The number of methoxy groups -OCH3 is 1. The van der Waals surface area contributed by atoms with Crippen molar-refractivity contribution in [2.75, 3.05) is 19.9 Å². The van der Waals surface area contributed by atoms with E-state index in [0.29, 0.717) is 18.2 Å². The minimum atomic E-state index is -0.227. The zero-order valence-corrected chi connectivity index (χ0v) is 19.0. The minimum absolute atomic E-state index is 0. The first kappa shape index (κ1) is 23.5. The molecule has 1 saturated carbocycles. The highest BCUT2D eigenvalue weighted by atomic mass is 127. The summed E-state index contributed by atoms with van der Waals surface area (Å²) in [6.07, 6.45) is 4.97. The van der Waals surface area contributed by atoms with Gasteiger partial charge in [0.25, 0.3) is 0 Å². The van der Waals surface area contributed by atoms with Crippen LogP contribution in [0.2, 0.25) is 0 Å². The molecular formula is C19H31FIN3OS. The monoisotopic (exact) mass is 495 g/mol. The number of ether oxygens (including phenoxy) is 1. The number of hydrogen-bond donors (Lipinski definition) is 2. The van der Waals surface area contributed by atoms with E-state index in [-0.39, 0.29) is 36.4 Å². The Hall–Kier alpha value is -0.540. The number of aliphatic imine (C=N–C) groups is 1. The van der Waals surface area contributed by atoms with E-state index in [2.05, 4.69) is 34.3 Å². The highest BCUT2D eigenvalue weighted by Gasteiger charge is 2.22. The highest BCUT2D eigenvalue weighted by molar-refractivity contribution is 14.0. The molecule has 2 rings (SSSR count). The molecule has 148 valence electrons. The van der Waals surface area contributed by atoms with E-state index in [4.69, 9.17) is 4.74 Å². The van der Waals surface area contributed by atoms with Gasteiger partial charge in [0.1, 0.15) is 5.82 Å². The van der Waals surface area contributed by atoms with E-state index in [1.807, 2.05) is 6.07 Å². The van der Waals surface area contributed by atoms with Gasteiger partial charge in [0.05, 0.1) is 6.61 Å². The van der Waals surface area contributed by atoms with Crippen LogP contribution in [0, 0.1) is 5.82 Å². The van der Waals surface area contributed by atoms with Gasteiger partial charge in [-0.15, -0.1) is 24.0 Å². The van der Waals surface area contributed by atoms with E-state index in [9.17, 15) is 4.39 Å². The van der Waals surface area contributed by atoms with Crippen LogP contribution in [0.15, 0.2) is 23.2 Å². The van der Waals surface area contributed by atoms with Crippen molar-refractivity contribution in [2.24, 2.45) is 4.99 Å². The fraction of sp³-hybridized carbons (Fsp3) is 0.632. The second-order valence-electron chi connectivity index (χ2n) is 6.37.